The summed E-state index contributed by atoms with van der Waals surface area (Å²) >= 11 is 1.38. The first-order valence-corrected chi connectivity index (χ1v) is 7.08. The maximum absolute atomic E-state index is 11.8. The maximum Gasteiger partial charge on any atom is 0.326 e. The third-order valence-corrected chi connectivity index (χ3v) is 3.60. The number of rotatable bonds is 7. The predicted octanol–water partition coefficient (Wildman–Crippen LogP) is 0.910. The molecule has 1 rings (SSSR count). The lowest BCUT2D eigenvalue weighted by atomic mass is 10.1. The number of aromatic nitrogens is 1. The summed E-state index contributed by atoms with van der Waals surface area (Å²) in [6.45, 7) is 1.74. The molecular formula is C12H17N3O5S. The molecule has 2 amide bonds. The second-order valence-corrected chi connectivity index (χ2v) is 5.14. The van der Waals surface area contributed by atoms with Crippen LogP contribution in [0.25, 0.3) is 0 Å². The Morgan fingerprint density at radius 3 is 2.67 bits per heavy atom. The average molecular weight is 315 g/mol. The number of carboxylic acids is 1. The van der Waals surface area contributed by atoms with Gasteiger partial charge in [0.1, 0.15) is 11.0 Å². The van der Waals surface area contributed by atoms with E-state index in [1.807, 2.05) is 0 Å². The van der Waals surface area contributed by atoms with Gasteiger partial charge in [0.05, 0.1) is 13.2 Å². The van der Waals surface area contributed by atoms with Crippen molar-refractivity contribution in [3.8, 4) is 0 Å². The molecule has 1 aromatic heterocycles. The molecule has 1 heterocycles. The van der Waals surface area contributed by atoms with E-state index in [-0.39, 0.29) is 18.9 Å². The highest BCUT2D eigenvalue weighted by molar-refractivity contribution is 7.09. The summed E-state index contributed by atoms with van der Waals surface area (Å²) in [5.74, 6) is -1.74. The fraction of sp³-hybridized carbons (Fsp3) is 0.500. The summed E-state index contributed by atoms with van der Waals surface area (Å²) < 4.78 is 4.43. The molecule has 116 valence electrons. The summed E-state index contributed by atoms with van der Waals surface area (Å²) in [7, 11) is 1.22. The lowest BCUT2D eigenvalue weighted by Crippen LogP contribution is -2.46. The van der Waals surface area contributed by atoms with E-state index in [0.717, 1.165) is 0 Å². The van der Waals surface area contributed by atoms with E-state index < -0.39 is 24.0 Å². The highest BCUT2D eigenvalue weighted by Crippen LogP contribution is 2.14. The zero-order chi connectivity index (χ0) is 15.8. The summed E-state index contributed by atoms with van der Waals surface area (Å²) in [5, 5.41) is 16.4. The topological polar surface area (TPSA) is 118 Å². The molecule has 0 spiro atoms. The number of methoxy groups -OCH3 is 1. The summed E-state index contributed by atoms with van der Waals surface area (Å²) in [6, 6.07) is -2.12. The van der Waals surface area contributed by atoms with Crippen molar-refractivity contribution in [3.05, 3.63) is 16.6 Å². The monoisotopic (exact) mass is 315 g/mol. The number of ether oxygens (including phenoxy) is 1. The van der Waals surface area contributed by atoms with Crippen molar-refractivity contribution >= 4 is 29.3 Å². The quantitative estimate of drug-likeness (QED) is 0.644. The van der Waals surface area contributed by atoms with Crippen molar-refractivity contribution in [2.45, 2.75) is 31.8 Å². The highest BCUT2D eigenvalue weighted by atomic mass is 32.1. The SMILES string of the molecule is COC(=O)CC[C@H](NC(=O)NC(C)c1nccs1)C(=O)O. The Morgan fingerprint density at radius 2 is 2.14 bits per heavy atom. The first kappa shape index (κ1) is 16.9. The lowest BCUT2D eigenvalue weighted by molar-refractivity contribution is -0.142. The van der Waals surface area contributed by atoms with Gasteiger partial charge in [0.25, 0.3) is 0 Å². The minimum absolute atomic E-state index is 0.0406. The van der Waals surface area contributed by atoms with Crippen molar-refractivity contribution < 1.29 is 24.2 Å². The minimum Gasteiger partial charge on any atom is -0.480 e. The summed E-state index contributed by atoms with van der Waals surface area (Å²) in [4.78, 5) is 37.9. The molecular weight excluding hydrogens is 298 g/mol. The predicted molar refractivity (Wildman–Crippen MR) is 74.9 cm³/mol. The van der Waals surface area contributed by atoms with Crippen LogP contribution in [0.5, 0.6) is 0 Å². The van der Waals surface area contributed by atoms with Gasteiger partial charge in [-0.2, -0.15) is 0 Å². The van der Waals surface area contributed by atoms with Gasteiger partial charge < -0.3 is 20.5 Å². The van der Waals surface area contributed by atoms with Crippen LogP contribution in [-0.4, -0.2) is 41.2 Å². The lowest BCUT2D eigenvalue weighted by Gasteiger charge is -2.17. The molecule has 3 N–H and O–H groups in total. The summed E-state index contributed by atoms with van der Waals surface area (Å²) in [6.07, 6.45) is 1.49. The number of amides is 2. The molecule has 0 bridgehead atoms. The van der Waals surface area contributed by atoms with E-state index in [1.54, 1.807) is 18.5 Å². The third kappa shape index (κ3) is 5.78. The van der Waals surface area contributed by atoms with E-state index >= 15 is 0 Å². The standard InChI is InChI=1S/C12H17N3O5S/c1-7(10-13-5-6-21-10)14-12(19)15-8(11(17)18)3-4-9(16)20-2/h5-8H,3-4H2,1-2H3,(H,17,18)(H2,14,15,19)/t7?,8-/m0/s1. The van der Waals surface area contributed by atoms with Crippen LogP contribution >= 0.6 is 11.3 Å². The Labute approximate surface area is 125 Å². The van der Waals surface area contributed by atoms with E-state index in [4.69, 9.17) is 5.11 Å². The number of thiazole rings is 1. The van der Waals surface area contributed by atoms with Crippen LogP contribution in [0.3, 0.4) is 0 Å². The van der Waals surface area contributed by atoms with E-state index in [1.165, 1.54) is 18.4 Å². The second kappa shape index (κ2) is 8.20. The molecule has 9 heteroatoms. The Bertz CT molecular complexity index is 491. The molecule has 0 saturated carbocycles. The van der Waals surface area contributed by atoms with Gasteiger partial charge in [-0.05, 0) is 13.3 Å². The number of esters is 1. The number of nitrogens with zero attached hydrogens (tertiary/aromatic N) is 1. The smallest absolute Gasteiger partial charge is 0.326 e. The van der Waals surface area contributed by atoms with Crippen molar-refractivity contribution in [1.29, 1.82) is 0 Å². The highest BCUT2D eigenvalue weighted by Gasteiger charge is 2.22. The van der Waals surface area contributed by atoms with E-state index in [0.29, 0.717) is 5.01 Å². The maximum atomic E-state index is 11.8. The van der Waals surface area contributed by atoms with Gasteiger partial charge in [0, 0.05) is 18.0 Å². The number of carboxylic acid groups (broad SMARTS) is 1. The van der Waals surface area contributed by atoms with E-state index in [9.17, 15) is 14.4 Å². The van der Waals surface area contributed by atoms with Crippen LogP contribution in [0.4, 0.5) is 4.79 Å². The van der Waals surface area contributed by atoms with Crippen LogP contribution in [0.15, 0.2) is 11.6 Å². The Hall–Kier alpha value is -2.16. The van der Waals surface area contributed by atoms with Gasteiger partial charge in [-0.1, -0.05) is 0 Å². The number of carbonyl (C=O) groups is 3. The van der Waals surface area contributed by atoms with Crippen molar-refractivity contribution in [2.75, 3.05) is 7.11 Å². The molecule has 0 aromatic carbocycles. The van der Waals surface area contributed by atoms with Crippen molar-refractivity contribution in [1.82, 2.24) is 15.6 Å². The average Bonchev–Trinajstić information content (AvgIpc) is 2.96. The second-order valence-electron chi connectivity index (χ2n) is 4.22. The molecule has 0 fully saturated rings. The molecule has 0 aliphatic carbocycles. The number of hydrogen-bond acceptors (Lipinski definition) is 6. The van der Waals surface area contributed by atoms with Crippen LogP contribution < -0.4 is 10.6 Å². The molecule has 1 unspecified atom stereocenters. The first-order valence-electron chi connectivity index (χ1n) is 6.20. The number of urea groups is 1. The molecule has 0 aliphatic heterocycles. The zero-order valence-electron chi connectivity index (χ0n) is 11.7. The van der Waals surface area contributed by atoms with Gasteiger partial charge in [-0.25, -0.2) is 14.6 Å². The largest absolute Gasteiger partial charge is 0.480 e. The number of aliphatic carboxylic acids is 1. The Balaban J connectivity index is 2.48. The number of hydrogen-bond donors (Lipinski definition) is 3. The fourth-order valence-corrected chi connectivity index (χ4v) is 2.17. The molecule has 0 aliphatic rings. The van der Waals surface area contributed by atoms with Crippen LogP contribution in [0.1, 0.15) is 30.8 Å². The van der Waals surface area contributed by atoms with Crippen molar-refractivity contribution in [3.63, 3.8) is 0 Å². The molecule has 21 heavy (non-hydrogen) atoms. The normalized spacial score (nSPS) is 13.0. The molecule has 0 radical (unpaired) electrons. The number of nitrogens with one attached hydrogen (secondary N) is 2. The van der Waals surface area contributed by atoms with Gasteiger partial charge in [0.15, 0.2) is 0 Å². The number of carbonyl (C=O) groups excluding carboxylic acids is 2. The van der Waals surface area contributed by atoms with E-state index in [2.05, 4.69) is 20.4 Å². The van der Waals surface area contributed by atoms with Gasteiger partial charge in [-0.3, -0.25) is 4.79 Å². The van der Waals surface area contributed by atoms with Gasteiger partial charge in [0.2, 0.25) is 0 Å². The van der Waals surface area contributed by atoms with Crippen LogP contribution in [0.2, 0.25) is 0 Å². The Morgan fingerprint density at radius 1 is 1.43 bits per heavy atom. The zero-order valence-corrected chi connectivity index (χ0v) is 12.5. The first-order chi connectivity index (χ1) is 9.93. The minimum atomic E-state index is -1.21. The summed E-state index contributed by atoms with van der Waals surface area (Å²) in [5.41, 5.74) is 0. The van der Waals surface area contributed by atoms with Crippen LogP contribution in [-0.2, 0) is 14.3 Å². The molecule has 2 atom stereocenters. The fourth-order valence-electron chi connectivity index (χ4n) is 1.53. The van der Waals surface area contributed by atoms with Gasteiger partial charge in [-0.15, -0.1) is 11.3 Å². The molecule has 1 aromatic rings. The van der Waals surface area contributed by atoms with Gasteiger partial charge >= 0.3 is 18.0 Å². The molecule has 8 nitrogen and oxygen atoms in total. The Kier molecular flexibility index (Phi) is 6.60. The van der Waals surface area contributed by atoms with Crippen molar-refractivity contribution in [2.24, 2.45) is 0 Å². The van der Waals surface area contributed by atoms with Crippen LogP contribution in [0, 0.1) is 0 Å². The third-order valence-electron chi connectivity index (χ3n) is 2.64. The molecule has 0 saturated heterocycles.